The SMILES string of the molecule is Cc1c(C(=O)CBr)cccc1[N+](=O)[O-]. The quantitative estimate of drug-likeness (QED) is 0.362. The highest BCUT2D eigenvalue weighted by Crippen LogP contribution is 2.21. The van der Waals surface area contributed by atoms with E-state index in [9.17, 15) is 14.9 Å². The Labute approximate surface area is 89.2 Å². The van der Waals surface area contributed by atoms with Crippen LogP contribution >= 0.6 is 15.9 Å². The predicted octanol–water partition coefficient (Wildman–Crippen LogP) is 2.48. The van der Waals surface area contributed by atoms with Crippen LogP contribution in [0.15, 0.2) is 18.2 Å². The molecule has 0 N–H and O–H groups in total. The molecule has 0 aromatic heterocycles. The number of hydrogen-bond acceptors (Lipinski definition) is 3. The fourth-order valence-corrected chi connectivity index (χ4v) is 1.50. The summed E-state index contributed by atoms with van der Waals surface area (Å²) in [4.78, 5) is 21.4. The number of nitro benzene ring substituents is 1. The van der Waals surface area contributed by atoms with E-state index in [2.05, 4.69) is 15.9 Å². The van der Waals surface area contributed by atoms with Gasteiger partial charge in [0, 0.05) is 17.2 Å². The molecule has 0 fully saturated rings. The molecule has 0 amide bonds. The van der Waals surface area contributed by atoms with Crippen molar-refractivity contribution >= 4 is 27.4 Å². The number of carbonyl (C=O) groups excluding carboxylic acids is 1. The first-order chi connectivity index (χ1) is 6.57. The molecule has 74 valence electrons. The van der Waals surface area contributed by atoms with E-state index in [1.807, 2.05) is 0 Å². The van der Waals surface area contributed by atoms with Gasteiger partial charge in [-0.15, -0.1) is 0 Å². The number of benzene rings is 1. The Kier molecular flexibility index (Phi) is 3.35. The maximum Gasteiger partial charge on any atom is 0.273 e. The summed E-state index contributed by atoms with van der Waals surface area (Å²) in [7, 11) is 0. The van der Waals surface area contributed by atoms with Crippen LogP contribution in [0.2, 0.25) is 0 Å². The third-order valence-electron chi connectivity index (χ3n) is 1.92. The molecule has 0 aliphatic rings. The van der Waals surface area contributed by atoms with Crippen molar-refractivity contribution in [2.45, 2.75) is 6.92 Å². The molecule has 14 heavy (non-hydrogen) atoms. The van der Waals surface area contributed by atoms with Crippen LogP contribution in [0.3, 0.4) is 0 Å². The third-order valence-corrected chi connectivity index (χ3v) is 2.43. The zero-order chi connectivity index (χ0) is 10.7. The molecule has 1 rings (SSSR count). The zero-order valence-corrected chi connectivity index (χ0v) is 9.08. The van der Waals surface area contributed by atoms with Crippen LogP contribution in [0, 0.1) is 17.0 Å². The van der Waals surface area contributed by atoms with Crippen molar-refractivity contribution in [3.8, 4) is 0 Å². The lowest BCUT2D eigenvalue weighted by Gasteiger charge is -2.02. The molecule has 4 nitrogen and oxygen atoms in total. The number of Topliss-reactive ketones (excluding diaryl/α,β-unsaturated/α-hetero) is 1. The first kappa shape index (κ1) is 10.8. The highest BCUT2D eigenvalue weighted by Gasteiger charge is 2.16. The molecule has 0 radical (unpaired) electrons. The topological polar surface area (TPSA) is 60.2 Å². The fraction of sp³-hybridized carbons (Fsp3) is 0.222. The van der Waals surface area contributed by atoms with Crippen LogP contribution in [0.25, 0.3) is 0 Å². The predicted molar refractivity (Wildman–Crippen MR) is 56.0 cm³/mol. The van der Waals surface area contributed by atoms with Crippen LogP contribution in [0.4, 0.5) is 5.69 Å². The molecule has 0 spiro atoms. The number of nitro groups is 1. The highest BCUT2D eigenvalue weighted by molar-refractivity contribution is 9.09. The molecular weight excluding hydrogens is 250 g/mol. The number of alkyl halides is 1. The lowest BCUT2D eigenvalue weighted by atomic mass is 10.0. The van der Waals surface area contributed by atoms with Crippen molar-refractivity contribution < 1.29 is 9.72 Å². The molecule has 0 aliphatic heterocycles. The van der Waals surface area contributed by atoms with Crippen molar-refractivity contribution in [3.05, 3.63) is 39.4 Å². The summed E-state index contributed by atoms with van der Waals surface area (Å²) in [6.45, 7) is 1.58. The molecule has 0 atom stereocenters. The Bertz CT molecular complexity index is 390. The Morgan fingerprint density at radius 2 is 2.21 bits per heavy atom. The maximum atomic E-state index is 11.3. The molecule has 1 aromatic carbocycles. The van der Waals surface area contributed by atoms with Gasteiger partial charge in [-0.3, -0.25) is 14.9 Å². The largest absolute Gasteiger partial charge is 0.293 e. The van der Waals surface area contributed by atoms with Crippen LogP contribution in [0.5, 0.6) is 0 Å². The number of hydrogen-bond donors (Lipinski definition) is 0. The van der Waals surface area contributed by atoms with Crippen molar-refractivity contribution in [1.82, 2.24) is 0 Å². The minimum absolute atomic E-state index is 0.0169. The molecule has 0 heterocycles. The molecule has 1 aromatic rings. The van der Waals surface area contributed by atoms with Gasteiger partial charge in [0.15, 0.2) is 5.78 Å². The normalized spacial score (nSPS) is 9.86. The second-order valence-electron chi connectivity index (χ2n) is 2.76. The minimum atomic E-state index is -0.486. The number of halogens is 1. The molecule has 0 saturated heterocycles. The standard InChI is InChI=1S/C9H8BrNO3/c1-6-7(9(12)5-10)3-2-4-8(6)11(13)14/h2-4H,5H2,1H3. The summed E-state index contributed by atoms with van der Waals surface area (Å²) in [6, 6.07) is 4.49. The maximum absolute atomic E-state index is 11.3. The molecule has 0 bridgehead atoms. The first-order valence-electron chi connectivity index (χ1n) is 3.91. The fourth-order valence-electron chi connectivity index (χ4n) is 1.20. The van der Waals surface area contributed by atoms with E-state index >= 15 is 0 Å². The average Bonchev–Trinajstić information content (AvgIpc) is 2.16. The van der Waals surface area contributed by atoms with E-state index in [1.54, 1.807) is 13.0 Å². The smallest absolute Gasteiger partial charge is 0.273 e. The summed E-state index contributed by atoms with van der Waals surface area (Å²) in [6.07, 6.45) is 0. The Morgan fingerprint density at radius 3 is 2.71 bits per heavy atom. The minimum Gasteiger partial charge on any atom is -0.293 e. The van der Waals surface area contributed by atoms with Gasteiger partial charge in [0.2, 0.25) is 0 Å². The van der Waals surface area contributed by atoms with E-state index in [1.165, 1.54) is 12.1 Å². The van der Waals surface area contributed by atoms with Gasteiger partial charge in [-0.1, -0.05) is 28.1 Å². The summed E-state index contributed by atoms with van der Waals surface area (Å²) < 4.78 is 0. The van der Waals surface area contributed by atoms with E-state index in [4.69, 9.17) is 0 Å². The van der Waals surface area contributed by atoms with Gasteiger partial charge in [0.1, 0.15) is 0 Å². The Hall–Kier alpha value is -1.23. The van der Waals surface area contributed by atoms with Crippen LogP contribution in [-0.4, -0.2) is 16.0 Å². The Balaban J connectivity index is 3.27. The van der Waals surface area contributed by atoms with Gasteiger partial charge < -0.3 is 0 Å². The number of carbonyl (C=O) groups is 1. The van der Waals surface area contributed by atoms with Gasteiger partial charge in [-0.2, -0.15) is 0 Å². The van der Waals surface area contributed by atoms with Crippen LogP contribution in [-0.2, 0) is 0 Å². The highest BCUT2D eigenvalue weighted by atomic mass is 79.9. The van der Waals surface area contributed by atoms with Crippen LogP contribution in [0.1, 0.15) is 15.9 Å². The van der Waals surface area contributed by atoms with Gasteiger partial charge in [0.05, 0.1) is 10.3 Å². The lowest BCUT2D eigenvalue weighted by Crippen LogP contribution is -2.04. The van der Waals surface area contributed by atoms with Gasteiger partial charge in [-0.05, 0) is 6.92 Å². The molecule has 0 saturated carbocycles. The summed E-state index contributed by atoms with van der Waals surface area (Å²) in [5.41, 5.74) is 0.801. The molecular formula is C9H8BrNO3. The number of ketones is 1. The van der Waals surface area contributed by atoms with Gasteiger partial charge >= 0.3 is 0 Å². The zero-order valence-electron chi connectivity index (χ0n) is 7.49. The van der Waals surface area contributed by atoms with Gasteiger partial charge in [-0.25, -0.2) is 0 Å². The monoisotopic (exact) mass is 257 g/mol. The van der Waals surface area contributed by atoms with Crippen molar-refractivity contribution in [2.24, 2.45) is 0 Å². The second kappa shape index (κ2) is 4.32. The summed E-state index contributed by atoms with van der Waals surface area (Å²) in [5, 5.41) is 10.7. The second-order valence-corrected chi connectivity index (χ2v) is 3.32. The summed E-state index contributed by atoms with van der Waals surface area (Å²) in [5.74, 6) is -0.147. The van der Waals surface area contributed by atoms with E-state index in [0.29, 0.717) is 11.1 Å². The third kappa shape index (κ3) is 1.98. The molecule has 0 aliphatic carbocycles. The van der Waals surface area contributed by atoms with Crippen molar-refractivity contribution in [1.29, 1.82) is 0 Å². The van der Waals surface area contributed by atoms with Crippen molar-refractivity contribution in [2.75, 3.05) is 5.33 Å². The summed E-state index contributed by atoms with van der Waals surface area (Å²) >= 11 is 3.03. The van der Waals surface area contributed by atoms with E-state index in [0.717, 1.165) is 0 Å². The van der Waals surface area contributed by atoms with E-state index in [-0.39, 0.29) is 16.8 Å². The number of rotatable bonds is 3. The first-order valence-corrected chi connectivity index (χ1v) is 5.03. The molecule has 0 unspecified atom stereocenters. The van der Waals surface area contributed by atoms with Crippen LogP contribution < -0.4 is 0 Å². The molecule has 5 heteroatoms. The van der Waals surface area contributed by atoms with Crippen molar-refractivity contribution in [3.63, 3.8) is 0 Å². The van der Waals surface area contributed by atoms with E-state index < -0.39 is 4.92 Å². The van der Waals surface area contributed by atoms with Gasteiger partial charge in [0.25, 0.3) is 5.69 Å². The Morgan fingerprint density at radius 1 is 1.57 bits per heavy atom. The number of nitrogens with zero attached hydrogens (tertiary/aromatic N) is 1. The lowest BCUT2D eigenvalue weighted by molar-refractivity contribution is -0.385. The average molecular weight is 258 g/mol.